The summed E-state index contributed by atoms with van der Waals surface area (Å²) < 4.78 is 18.0. The molecule has 1 aliphatic rings. The van der Waals surface area contributed by atoms with E-state index < -0.39 is 0 Å². The van der Waals surface area contributed by atoms with Gasteiger partial charge in [0.05, 0.1) is 11.5 Å². The number of carbonyl (C=O) groups excluding carboxylic acids is 2. The molecule has 0 radical (unpaired) electrons. The largest absolute Gasteiger partial charge is 0.450 e. The fourth-order valence-electron chi connectivity index (χ4n) is 2.91. The van der Waals surface area contributed by atoms with E-state index in [0.717, 1.165) is 10.4 Å². The molecule has 1 aromatic heterocycles. The molecule has 2 heterocycles. The lowest BCUT2D eigenvalue weighted by atomic mass is 10.1. The van der Waals surface area contributed by atoms with Gasteiger partial charge in [-0.15, -0.1) is 11.3 Å². The summed E-state index contributed by atoms with van der Waals surface area (Å²) in [5.41, 5.74) is 0.887. The molecule has 0 aliphatic carbocycles. The number of rotatable bonds is 4. The van der Waals surface area contributed by atoms with Gasteiger partial charge in [-0.2, -0.15) is 0 Å². The number of nitrogens with zero attached hydrogens (tertiary/aromatic N) is 1. The van der Waals surface area contributed by atoms with Gasteiger partial charge in [-0.05, 0) is 49.6 Å². The molecule has 0 saturated carbocycles. The highest BCUT2D eigenvalue weighted by Gasteiger charge is 2.25. The third kappa shape index (κ3) is 4.40. The summed E-state index contributed by atoms with van der Waals surface area (Å²) in [6, 6.07) is 9.92. The Bertz CT molecular complexity index is 767. The number of ether oxygens (including phenoxy) is 1. The highest BCUT2D eigenvalue weighted by molar-refractivity contribution is 7.17. The Hall–Kier alpha value is -2.41. The van der Waals surface area contributed by atoms with Gasteiger partial charge in [0.1, 0.15) is 5.82 Å². The molecule has 138 valence electrons. The van der Waals surface area contributed by atoms with E-state index in [4.69, 9.17) is 4.74 Å². The Morgan fingerprint density at radius 2 is 1.88 bits per heavy atom. The minimum Gasteiger partial charge on any atom is -0.450 e. The number of nitrogens with one attached hydrogen (secondary N) is 1. The maximum absolute atomic E-state index is 13.0. The first-order chi connectivity index (χ1) is 12.6. The van der Waals surface area contributed by atoms with E-state index in [1.807, 2.05) is 6.07 Å². The number of thiophene rings is 1. The number of piperidine rings is 1. The summed E-state index contributed by atoms with van der Waals surface area (Å²) >= 11 is 1.38. The molecule has 2 aromatic rings. The molecule has 26 heavy (non-hydrogen) atoms. The SMILES string of the molecule is CCOC(=O)N1CCC(NC(=O)c2ccc(-c3ccc(F)cc3)s2)CC1. The Kier molecular flexibility index (Phi) is 5.88. The third-order valence-corrected chi connectivity index (χ3v) is 5.45. The van der Waals surface area contributed by atoms with Crippen molar-refractivity contribution in [3.05, 3.63) is 47.1 Å². The predicted octanol–water partition coefficient (Wildman–Crippen LogP) is 3.90. The molecule has 0 bridgehead atoms. The van der Waals surface area contributed by atoms with Gasteiger partial charge in [0.15, 0.2) is 0 Å². The number of amides is 2. The number of carbonyl (C=O) groups is 2. The lowest BCUT2D eigenvalue weighted by molar-refractivity contribution is 0.0862. The van der Waals surface area contributed by atoms with Gasteiger partial charge in [-0.3, -0.25) is 4.79 Å². The van der Waals surface area contributed by atoms with E-state index in [2.05, 4.69) is 5.32 Å². The highest BCUT2D eigenvalue weighted by Crippen LogP contribution is 2.28. The van der Waals surface area contributed by atoms with Gasteiger partial charge in [-0.1, -0.05) is 12.1 Å². The van der Waals surface area contributed by atoms with Crippen LogP contribution in [0.2, 0.25) is 0 Å². The van der Waals surface area contributed by atoms with E-state index >= 15 is 0 Å². The Morgan fingerprint density at radius 1 is 1.19 bits per heavy atom. The van der Waals surface area contributed by atoms with Gasteiger partial charge < -0.3 is 15.0 Å². The molecule has 5 nitrogen and oxygen atoms in total. The van der Waals surface area contributed by atoms with Crippen LogP contribution in [0.25, 0.3) is 10.4 Å². The summed E-state index contributed by atoms with van der Waals surface area (Å²) in [5.74, 6) is -0.393. The first kappa shape index (κ1) is 18.4. The second kappa shape index (κ2) is 8.31. The van der Waals surface area contributed by atoms with E-state index in [-0.39, 0.29) is 23.9 Å². The van der Waals surface area contributed by atoms with E-state index in [9.17, 15) is 14.0 Å². The first-order valence-corrected chi connectivity index (χ1v) is 9.47. The average Bonchev–Trinajstić information content (AvgIpc) is 3.13. The van der Waals surface area contributed by atoms with Crippen LogP contribution >= 0.6 is 11.3 Å². The fraction of sp³-hybridized carbons (Fsp3) is 0.368. The number of halogens is 1. The topological polar surface area (TPSA) is 58.6 Å². The van der Waals surface area contributed by atoms with Crippen molar-refractivity contribution in [1.29, 1.82) is 0 Å². The Labute approximate surface area is 155 Å². The average molecular weight is 376 g/mol. The van der Waals surface area contributed by atoms with Gasteiger partial charge >= 0.3 is 6.09 Å². The summed E-state index contributed by atoms with van der Waals surface area (Å²) in [7, 11) is 0. The Morgan fingerprint density at radius 3 is 2.54 bits per heavy atom. The maximum atomic E-state index is 13.0. The number of benzene rings is 1. The second-order valence-corrected chi connectivity index (χ2v) is 7.19. The van der Waals surface area contributed by atoms with Gasteiger partial charge in [-0.25, -0.2) is 9.18 Å². The van der Waals surface area contributed by atoms with Crippen LogP contribution in [0, 0.1) is 5.82 Å². The van der Waals surface area contributed by atoms with Crippen LogP contribution in [0.1, 0.15) is 29.4 Å². The standard InChI is InChI=1S/C19H21FN2O3S/c1-2-25-19(24)22-11-9-15(10-12-22)21-18(23)17-8-7-16(26-17)13-3-5-14(20)6-4-13/h3-8,15H,2,9-12H2,1H3,(H,21,23). The minimum atomic E-state index is -0.292. The summed E-state index contributed by atoms with van der Waals surface area (Å²) in [6.45, 7) is 3.31. The molecule has 3 rings (SSSR count). The van der Waals surface area contributed by atoms with Gasteiger partial charge in [0.2, 0.25) is 0 Å². The highest BCUT2D eigenvalue weighted by atomic mass is 32.1. The fourth-order valence-corrected chi connectivity index (χ4v) is 3.82. The van der Waals surface area contributed by atoms with Crippen molar-refractivity contribution in [2.24, 2.45) is 0 Å². The van der Waals surface area contributed by atoms with Crippen LogP contribution in [-0.4, -0.2) is 42.6 Å². The van der Waals surface area contributed by atoms with Crippen LogP contribution in [0.5, 0.6) is 0 Å². The summed E-state index contributed by atoms with van der Waals surface area (Å²) in [5, 5.41) is 3.03. The van der Waals surface area contributed by atoms with E-state index in [0.29, 0.717) is 37.4 Å². The smallest absolute Gasteiger partial charge is 0.409 e. The van der Waals surface area contributed by atoms with Crippen LogP contribution in [-0.2, 0) is 4.74 Å². The molecule has 1 fully saturated rings. The second-order valence-electron chi connectivity index (χ2n) is 6.10. The lowest BCUT2D eigenvalue weighted by Gasteiger charge is -2.31. The molecule has 0 spiro atoms. The zero-order valence-corrected chi connectivity index (χ0v) is 15.4. The number of hydrogen-bond donors (Lipinski definition) is 1. The molecular weight excluding hydrogens is 355 g/mol. The van der Waals surface area contributed by atoms with Crippen molar-refractivity contribution >= 4 is 23.3 Å². The minimum absolute atomic E-state index is 0.0459. The van der Waals surface area contributed by atoms with Crippen LogP contribution in [0.3, 0.4) is 0 Å². The summed E-state index contributed by atoms with van der Waals surface area (Å²) in [6.07, 6.45) is 1.13. The van der Waals surface area contributed by atoms with Crippen LogP contribution < -0.4 is 5.32 Å². The molecule has 2 amide bonds. The molecule has 1 aliphatic heterocycles. The van der Waals surface area contributed by atoms with E-state index in [1.165, 1.54) is 23.5 Å². The third-order valence-electron chi connectivity index (χ3n) is 4.31. The van der Waals surface area contributed by atoms with Crippen molar-refractivity contribution < 1.29 is 18.7 Å². The zero-order chi connectivity index (χ0) is 18.5. The normalized spacial score (nSPS) is 14.9. The zero-order valence-electron chi connectivity index (χ0n) is 14.5. The molecule has 0 unspecified atom stereocenters. The monoisotopic (exact) mass is 376 g/mol. The molecular formula is C19H21FN2O3S. The van der Waals surface area contributed by atoms with Crippen molar-refractivity contribution in [2.45, 2.75) is 25.8 Å². The van der Waals surface area contributed by atoms with Crippen molar-refractivity contribution in [1.82, 2.24) is 10.2 Å². The van der Waals surface area contributed by atoms with Crippen molar-refractivity contribution in [2.75, 3.05) is 19.7 Å². The molecule has 7 heteroatoms. The van der Waals surface area contributed by atoms with Crippen LogP contribution in [0.15, 0.2) is 36.4 Å². The number of likely N-dealkylation sites (tertiary alicyclic amines) is 1. The maximum Gasteiger partial charge on any atom is 0.409 e. The predicted molar refractivity (Wildman–Crippen MR) is 98.8 cm³/mol. The number of hydrogen-bond acceptors (Lipinski definition) is 4. The van der Waals surface area contributed by atoms with Crippen LogP contribution in [0.4, 0.5) is 9.18 Å². The Balaban J connectivity index is 1.55. The van der Waals surface area contributed by atoms with Gasteiger partial charge in [0, 0.05) is 24.0 Å². The van der Waals surface area contributed by atoms with Gasteiger partial charge in [0.25, 0.3) is 5.91 Å². The van der Waals surface area contributed by atoms with E-state index in [1.54, 1.807) is 30.0 Å². The molecule has 1 aromatic carbocycles. The molecule has 1 saturated heterocycles. The molecule has 1 N–H and O–H groups in total. The molecule has 0 atom stereocenters. The quantitative estimate of drug-likeness (QED) is 0.880. The summed E-state index contributed by atoms with van der Waals surface area (Å²) in [4.78, 5) is 27.4. The van der Waals surface area contributed by atoms with Crippen molar-refractivity contribution in [3.8, 4) is 10.4 Å². The first-order valence-electron chi connectivity index (χ1n) is 8.65. The van der Waals surface area contributed by atoms with Crippen molar-refractivity contribution in [3.63, 3.8) is 0 Å². The lowest BCUT2D eigenvalue weighted by Crippen LogP contribution is -2.46.